The summed E-state index contributed by atoms with van der Waals surface area (Å²) in [6, 6.07) is 18.1. The topological polar surface area (TPSA) is 45.7 Å². The van der Waals surface area contributed by atoms with Crippen LogP contribution < -0.4 is 15.5 Å². The Morgan fingerprint density at radius 1 is 1.17 bits per heavy atom. The smallest absolute Gasteiger partial charge is 0.187 e. The van der Waals surface area contributed by atoms with E-state index >= 15 is 0 Å². The quantitative estimate of drug-likeness (QED) is 0.335. The first kappa shape index (κ1) is 17.7. The highest BCUT2D eigenvalue weighted by molar-refractivity contribution is 7.80. The number of rotatable bonds is 8. The molecule has 0 aromatic heterocycles. The van der Waals surface area contributed by atoms with Gasteiger partial charge in [0.05, 0.1) is 12.8 Å². The van der Waals surface area contributed by atoms with Gasteiger partial charge in [-0.1, -0.05) is 48.5 Å². The summed E-state index contributed by atoms with van der Waals surface area (Å²) < 4.78 is 5.80. The van der Waals surface area contributed by atoms with E-state index < -0.39 is 0 Å². The molecule has 0 heterocycles. The summed E-state index contributed by atoms with van der Waals surface area (Å²) in [7, 11) is 0. The lowest BCUT2D eigenvalue weighted by Gasteiger charge is -2.07. The molecule has 124 valence electrons. The second-order valence-corrected chi connectivity index (χ2v) is 5.43. The highest BCUT2D eigenvalue weighted by Gasteiger charge is 1.97. The molecule has 0 radical (unpaired) electrons. The van der Waals surface area contributed by atoms with E-state index in [0.717, 1.165) is 17.7 Å². The maximum Gasteiger partial charge on any atom is 0.187 e. The van der Waals surface area contributed by atoms with Gasteiger partial charge in [-0.2, -0.15) is 5.10 Å². The Morgan fingerprint density at radius 2 is 2.00 bits per heavy atom. The summed E-state index contributed by atoms with van der Waals surface area (Å²) in [5.41, 5.74) is 4.95. The van der Waals surface area contributed by atoms with Crippen molar-refractivity contribution in [3.05, 3.63) is 78.4 Å². The third-order valence-corrected chi connectivity index (χ3v) is 3.38. The van der Waals surface area contributed by atoms with Gasteiger partial charge in [0.25, 0.3) is 0 Å². The van der Waals surface area contributed by atoms with E-state index in [4.69, 9.17) is 17.0 Å². The zero-order chi connectivity index (χ0) is 17.0. The fourth-order valence-corrected chi connectivity index (χ4v) is 2.12. The van der Waals surface area contributed by atoms with E-state index in [0.29, 0.717) is 18.3 Å². The number of nitrogens with one attached hydrogen (secondary N) is 2. The lowest BCUT2D eigenvalue weighted by molar-refractivity contribution is 0.322. The monoisotopic (exact) mass is 339 g/mol. The first-order valence-corrected chi connectivity index (χ1v) is 8.13. The van der Waals surface area contributed by atoms with E-state index in [-0.39, 0.29) is 0 Å². The van der Waals surface area contributed by atoms with Crippen molar-refractivity contribution in [2.45, 2.75) is 6.42 Å². The molecule has 0 aliphatic heterocycles. The molecule has 0 amide bonds. The van der Waals surface area contributed by atoms with Crippen molar-refractivity contribution in [3.63, 3.8) is 0 Å². The molecule has 0 aliphatic carbocycles. The Morgan fingerprint density at radius 3 is 2.79 bits per heavy atom. The van der Waals surface area contributed by atoms with Crippen LogP contribution in [0.3, 0.4) is 0 Å². The minimum atomic E-state index is 0.460. The molecule has 0 unspecified atom stereocenters. The standard InChI is InChI=1S/C19H21N3OS/c1-2-12-20-19(24)22-21-15-17-9-6-10-18(14-17)23-13-11-16-7-4-3-5-8-16/h2-10,14-15H,1,11-13H2,(H2,20,22,24)/b21-15+. The molecule has 0 atom stereocenters. The second kappa shape index (κ2) is 10.2. The lowest BCUT2D eigenvalue weighted by Crippen LogP contribution is -2.31. The molecule has 2 N–H and O–H groups in total. The first-order valence-electron chi connectivity index (χ1n) is 7.72. The van der Waals surface area contributed by atoms with Crippen LogP contribution in [0.25, 0.3) is 0 Å². The molecule has 0 aliphatic rings. The molecule has 2 rings (SSSR count). The Bertz CT molecular complexity index is 686. The van der Waals surface area contributed by atoms with Gasteiger partial charge in [0.15, 0.2) is 5.11 Å². The molecule has 0 saturated carbocycles. The van der Waals surface area contributed by atoms with Crippen LogP contribution in [0.5, 0.6) is 5.75 Å². The zero-order valence-electron chi connectivity index (χ0n) is 13.4. The van der Waals surface area contributed by atoms with Crippen molar-refractivity contribution in [2.75, 3.05) is 13.2 Å². The van der Waals surface area contributed by atoms with Crippen molar-refractivity contribution in [1.82, 2.24) is 10.7 Å². The van der Waals surface area contributed by atoms with Crippen molar-refractivity contribution in [2.24, 2.45) is 5.10 Å². The third kappa shape index (κ3) is 6.62. The zero-order valence-corrected chi connectivity index (χ0v) is 14.3. The van der Waals surface area contributed by atoms with Crippen LogP contribution in [-0.4, -0.2) is 24.5 Å². The molecule has 2 aromatic carbocycles. The number of thiocarbonyl (C=S) groups is 1. The molecular formula is C19H21N3OS. The Labute approximate surface area is 148 Å². The summed E-state index contributed by atoms with van der Waals surface area (Å²) in [5, 5.41) is 7.49. The fourth-order valence-electron chi connectivity index (χ4n) is 1.99. The van der Waals surface area contributed by atoms with Crippen LogP contribution in [0, 0.1) is 0 Å². The van der Waals surface area contributed by atoms with Crippen molar-refractivity contribution in [3.8, 4) is 5.75 Å². The summed E-state index contributed by atoms with van der Waals surface area (Å²) in [4.78, 5) is 0. The van der Waals surface area contributed by atoms with Gasteiger partial charge >= 0.3 is 0 Å². The maximum atomic E-state index is 5.80. The van der Waals surface area contributed by atoms with E-state index in [1.165, 1.54) is 5.56 Å². The average molecular weight is 339 g/mol. The Hall–Kier alpha value is -2.66. The van der Waals surface area contributed by atoms with Gasteiger partial charge in [-0.15, -0.1) is 6.58 Å². The molecule has 0 spiro atoms. The van der Waals surface area contributed by atoms with Crippen molar-refractivity contribution < 1.29 is 4.74 Å². The molecule has 2 aromatic rings. The minimum Gasteiger partial charge on any atom is -0.493 e. The number of ether oxygens (including phenoxy) is 1. The van der Waals surface area contributed by atoms with Crippen LogP contribution in [0.4, 0.5) is 0 Å². The highest BCUT2D eigenvalue weighted by Crippen LogP contribution is 2.12. The van der Waals surface area contributed by atoms with Crippen molar-refractivity contribution in [1.29, 1.82) is 0 Å². The maximum absolute atomic E-state index is 5.80. The SMILES string of the molecule is C=CCNC(=S)N/N=C/c1cccc(OCCc2ccccc2)c1. The number of hydrogen-bond donors (Lipinski definition) is 2. The van der Waals surface area contributed by atoms with Gasteiger partial charge < -0.3 is 10.1 Å². The fraction of sp³-hybridized carbons (Fsp3) is 0.158. The average Bonchev–Trinajstić information content (AvgIpc) is 2.61. The summed E-state index contributed by atoms with van der Waals surface area (Å²) in [6.45, 7) is 4.85. The Balaban J connectivity index is 1.80. The number of nitrogens with zero attached hydrogens (tertiary/aromatic N) is 1. The van der Waals surface area contributed by atoms with E-state index in [1.807, 2.05) is 42.5 Å². The van der Waals surface area contributed by atoms with E-state index in [2.05, 4.69) is 34.6 Å². The molecule has 0 bridgehead atoms. The lowest BCUT2D eigenvalue weighted by atomic mass is 10.2. The largest absolute Gasteiger partial charge is 0.493 e. The summed E-state index contributed by atoms with van der Waals surface area (Å²) >= 11 is 5.06. The van der Waals surface area contributed by atoms with Gasteiger partial charge in [-0.05, 0) is 35.5 Å². The van der Waals surface area contributed by atoms with Gasteiger partial charge in [0.1, 0.15) is 5.75 Å². The first-order chi connectivity index (χ1) is 11.8. The van der Waals surface area contributed by atoms with Gasteiger partial charge in [-0.3, -0.25) is 5.43 Å². The summed E-state index contributed by atoms with van der Waals surface area (Å²) in [6.07, 6.45) is 4.31. The summed E-state index contributed by atoms with van der Waals surface area (Å²) in [5.74, 6) is 0.822. The van der Waals surface area contributed by atoms with Crippen LogP contribution in [-0.2, 0) is 6.42 Å². The minimum absolute atomic E-state index is 0.460. The van der Waals surface area contributed by atoms with E-state index in [9.17, 15) is 0 Å². The van der Waals surface area contributed by atoms with Crippen LogP contribution >= 0.6 is 12.2 Å². The Kier molecular flexibility index (Phi) is 7.50. The molecule has 4 nitrogen and oxygen atoms in total. The van der Waals surface area contributed by atoms with Gasteiger partial charge in [0.2, 0.25) is 0 Å². The van der Waals surface area contributed by atoms with Crippen LogP contribution in [0.1, 0.15) is 11.1 Å². The normalized spacial score (nSPS) is 10.3. The number of benzene rings is 2. The molecular weight excluding hydrogens is 318 g/mol. The molecule has 0 saturated heterocycles. The highest BCUT2D eigenvalue weighted by atomic mass is 32.1. The number of hydrogen-bond acceptors (Lipinski definition) is 3. The molecule has 5 heteroatoms. The van der Waals surface area contributed by atoms with E-state index in [1.54, 1.807) is 12.3 Å². The van der Waals surface area contributed by atoms with Crippen LogP contribution in [0.15, 0.2) is 72.4 Å². The van der Waals surface area contributed by atoms with Gasteiger partial charge in [0, 0.05) is 13.0 Å². The molecule has 24 heavy (non-hydrogen) atoms. The predicted octanol–water partition coefficient (Wildman–Crippen LogP) is 3.29. The van der Waals surface area contributed by atoms with Gasteiger partial charge in [-0.25, -0.2) is 0 Å². The predicted molar refractivity (Wildman–Crippen MR) is 104 cm³/mol. The molecule has 0 fully saturated rings. The van der Waals surface area contributed by atoms with Crippen LogP contribution in [0.2, 0.25) is 0 Å². The van der Waals surface area contributed by atoms with Crippen molar-refractivity contribution >= 4 is 23.5 Å². The number of hydrazone groups is 1. The third-order valence-electron chi connectivity index (χ3n) is 3.15. The second-order valence-electron chi connectivity index (χ2n) is 5.03.